The van der Waals surface area contributed by atoms with Crippen LogP contribution >= 0.6 is 15.9 Å². The molecule has 63 heavy (non-hydrogen) atoms. The van der Waals surface area contributed by atoms with Crippen LogP contribution in [0.5, 0.6) is 0 Å². The van der Waals surface area contributed by atoms with Crippen molar-refractivity contribution in [1.29, 1.82) is 0 Å². The number of halogens is 1. The Morgan fingerprint density at radius 3 is 0.841 bits per heavy atom. The highest BCUT2D eigenvalue weighted by molar-refractivity contribution is 9.10. The molecule has 0 amide bonds. The summed E-state index contributed by atoms with van der Waals surface area (Å²) in [6.45, 7) is 0. The van der Waals surface area contributed by atoms with Gasteiger partial charge in [0.25, 0.3) is 0 Å². The van der Waals surface area contributed by atoms with Crippen molar-refractivity contribution in [3.63, 3.8) is 0 Å². The third-order valence-electron chi connectivity index (χ3n) is 13.2. The van der Waals surface area contributed by atoms with Gasteiger partial charge in [0, 0.05) is 37.4 Å². The third kappa shape index (κ3) is 5.50. The van der Waals surface area contributed by atoms with Gasteiger partial charge >= 0.3 is 0 Å². The zero-order valence-corrected chi connectivity index (χ0v) is 35.7. The van der Waals surface area contributed by atoms with Gasteiger partial charge in [0.05, 0.1) is 22.1 Å². The molecule has 14 rings (SSSR count). The number of aromatic nitrogens is 2. The van der Waals surface area contributed by atoms with Gasteiger partial charge in [0.2, 0.25) is 0 Å². The van der Waals surface area contributed by atoms with E-state index in [0.717, 1.165) is 4.47 Å². The minimum Gasteiger partial charge on any atom is -0.309 e. The van der Waals surface area contributed by atoms with Crippen LogP contribution in [0.1, 0.15) is 0 Å². The van der Waals surface area contributed by atoms with E-state index >= 15 is 0 Å². The smallest absolute Gasteiger partial charge is 0.0541 e. The van der Waals surface area contributed by atoms with Gasteiger partial charge in [-0.2, -0.15) is 0 Å². The van der Waals surface area contributed by atoms with E-state index in [1.807, 2.05) is 0 Å². The van der Waals surface area contributed by atoms with Crippen molar-refractivity contribution in [2.45, 2.75) is 0 Å². The quantitative estimate of drug-likeness (QED) is 0.153. The highest BCUT2D eigenvalue weighted by Crippen LogP contribution is 2.40. The Kier molecular flexibility index (Phi) is 8.09. The SMILES string of the molecule is Brc1ccc2c(c1)c1ccccc1n2-c1ccc2c3ccccc3c3ccccc3c2c1.c1ccc2c(c1)c1ccccc1c1cc(-n3c4ccccc4c4ccccc43)ccc21. The molecular weight excluding hydrogens is 829 g/mol. The summed E-state index contributed by atoms with van der Waals surface area (Å²) in [7, 11) is 0. The van der Waals surface area contributed by atoms with E-state index in [9.17, 15) is 0 Å². The molecule has 2 heterocycles. The molecule has 0 bridgehead atoms. The minimum absolute atomic E-state index is 1.10. The van der Waals surface area contributed by atoms with Crippen molar-refractivity contribution < 1.29 is 0 Å². The second-order valence-electron chi connectivity index (χ2n) is 16.5. The average molecular weight is 866 g/mol. The molecular formula is C60H37BrN2. The molecule has 0 radical (unpaired) electrons. The van der Waals surface area contributed by atoms with E-state index in [0.29, 0.717) is 0 Å². The number of para-hydroxylation sites is 3. The van der Waals surface area contributed by atoms with Gasteiger partial charge in [0.15, 0.2) is 0 Å². The number of nitrogens with zero attached hydrogens (tertiary/aromatic N) is 2. The first-order chi connectivity index (χ1) is 31.2. The molecule has 0 fully saturated rings. The summed E-state index contributed by atoms with van der Waals surface area (Å²) < 4.78 is 5.89. The average Bonchev–Trinajstić information content (AvgIpc) is 3.87. The standard InChI is InChI=1S/C30H18BrN.C30H19N/c31-19-13-16-30-28(17-19)26-11-5-6-12-29(26)32(30)20-14-15-25-23-9-2-1-7-21(23)22-8-3-4-10-24(22)27(25)18-20;1-2-11-23-21(9-1)22-10-3-4-12-24(22)28-19-20(17-18-25(23)28)31-29-15-7-5-13-26(29)27-14-6-8-16-30(27)31/h1-18H;1-19H. The summed E-state index contributed by atoms with van der Waals surface area (Å²) in [4.78, 5) is 0. The van der Waals surface area contributed by atoms with Crippen LogP contribution in [-0.4, -0.2) is 9.13 Å². The number of rotatable bonds is 2. The van der Waals surface area contributed by atoms with E-state index in [1.54, 1.807) is 0 Å². The first-order valence-corrected chi connectivity index (χ1v) is 22.3. The summed E-state index contributed by atoms with van der Waals surface area (Å²) in [6.07, 6.45) is 0. The van der Waals surface area contributed by atoms with Crippen LogP contribution in [0.2, 0.25) is 0 Å². The van der Waals surface area contributed by atoms with Crippen molar-refractivity contribution in [2.24, 2.45) is 0 Å². The Morgan fingerprint density at radius 1 is 0.206 bits per heavy atom. The molecule has 0 saturated heterocycles. The van der Waals surface area contributed by atoms with E-state index in [1.165, 1.54) is 120 Å². The molecule has 0 aliphatic heterocycles. The van der Waals surface area contributed by atoms with Gasteiger partial charge in [-0.1, -0.05) is 180 Å². The van der Waals surface area contributed by atoms with Crippen LogP contribution in [0, 0.1) is 0 Å². The maximum atomic E-state index is 3.66. The summed E-state index contributed by atoms with van der Waals surface area (Å²) in [6, 6.07) is 81.4. The molecule has 0 spiro atoms. The Morgan fingerprint density at radius 2 is 0.476 bits per heavy atom. The van der Waals surface area contributed by atoms with Crippen LogP contribution in [0.3, 0.4) is 0 Å². The van der Waals surface area contributed by atoms with Crippen LogP contribution in [-0.2, 0) is 0 Å². The van der Waals surface area contributed by atoms with E-state index in [4.69, 9.17) is 0 Å². The maximum absolute atomic E-state index is 3.66. The second kappa shape index (κ2) is 14.2. The molecule has 12 aromatic carbocycles. The largest absolute Gasteiger partial charge is 0.309 e. The van der Waals surface area contributed by atoms with E-state index in [2.05, 4.69) is 250 Å². The zero-order chi connectivity index (χ0) is 41.6. The molecule has 0 N–H and O–H groups in total. The summed E-state index contributed by atoms with van der Waals surface area (Å²) in [5, 5.41) is 20.8. The Balaban J connectivity index is 0.000000128. The van der Waals surface area contributed by atoms with Crippen LogP contribution in [0.25, 0.3) is 120 Å². The van der Waals surface area contributed by atoms with Crippen molar-refractivity contribution >= 4 is 124 Å². The van der Waals surface area contributed by atoms with E-state index in [-0.39, 0.29) is 0 Å². The number of benzene rings is 12. The maximum Gasteiger partial charge on any atom is 0.0541 e. The highest BCUT2D eigenvalue weighted by atomic mass is 79.9. The molecule has 294 valence electrons. The molecule has 0 saturated carbocycles. The number of fused-ring (bicyclic) bond motifs is 18. The Bertz CT molecular complexity index is 4050. The highest BCUT2D eigenvalue weighted by Gasteiger charge is 2.16. The fourth-order valence-electron chi connectivity index (χ4n) is 10.5. The predicted molar refractivity (Wildman–Crippen MR) is 274 cm³/mol. The van der Waals surface area contributed by atoms with Gasteiger partial charge in [0.1, 0.15) is 0 Å². The first kappa shape index (κ1) is 36.0. The summed E-state index contributed by atoms with van der Waals surface area (Å²) in [5.41, 5.74) is 7.32. The first-order valence-electron chi connectivity index (χ1n) is 21.5. The molecule has 0 unspecified atom stereocenters. The van der Waals surface area contributed by atoms with Gasteiger partial charge in [-0.25, -0.2) is 0 Å². The normalized spacial score (nSPS) is 11.9. The number of hydrogen-bond acceptors (Lipinski definition) is 0. The van der Waals surface area contributed by atoms with Gasteiger partial charge < -0.3 is 9.13 Å². The molecule has 0 atom stereocenters. The fourth-order valence-corrected chi connectivity index (χ4v) is 10.9. The van der Waals surface area contributed by atoms with Gasteiger partial charge in [-0.3, -0.25) is 0 Å². The number of hydrogen-bond donors (Lipinski definition) is 0. The Hall–Kier alpha value is -7.72. The molecule has 2 aromatic heterocycles. The van der Waals surface area contributed by atoms with E-state index < -0.39 is 0 Å². The lowest BCUT2D eigenvalue weighted by atomic mass is 9.94. The summed E-state index contributed by atoms with van der Waals surface area (Å²) in [5.74, 6) is 0. The lowest BCUT2D eigenvalue weighted by molar-refractivity contribution is 1.19. The lowest BCUT2D eigenvalue weighted by Crippen LogP contribution is -1.94. The molecule has 3 heteroatoms. The molecule has 2 nitrogen and oxygen atoms in total. The van der Waals surface area contributed by atoms with Crippen molar-refractivity contribution in [3.05, 3.63) is 229 Å². The predicted octanol–water partition coefficient (Wildman–Crippen LogP) is 17.2. The minimum atomic E-state index is 1.10. The van der Waals surface area contributed by atoms with Crippen molar-refractivity contribution in [3.8, 4) is 11.4 Å². The van der Waals surface area contributed by atoms with Crippen LogP contribution in [0.4, 0.5) is 0 Å². The second-order valence-corrected chi connectivity index (χ2v) is 17.4. The molecule has 14 aromatic rings. The van der Waals surface area contributed by atoms with Crippen molar-refractivity contribution in [2.75, 3.05) is 0 Å². The third-order valence-corrected chi connectivity index (χ3v) is 13.7. The van der Waals surface area contributed by atoms with Crippen LogP contribution in [0.15, 0.2) is 229 Å². The molecule has 0 aliphatic carbocycles. The fraction of sp³-hybridized carbons (Fsp3) is 0. The molecule has 0 aliphatic rings. The van der Waals surface area contributed by atoms with Gasteiger partial charge in [-0.05, 0) is 125 Å². The lowest BCUT2D eigenvalue weighted by Gasteiger charge is -2.13. The van der Waals surface area contributed by atoms with Crippen molar-refractivity contribution in [1.82, 2.24) is 9.13 Å². The monoisotopic (exact) mass is 864 g/mol. The zero-order valence-electron chi connectivity index (χ0n) is 34.1. The van der Waals surface area contributed by atoms with Gasteiger partial charge in [-0.15, -0.1) is 0 Å². The van der Waals surface area contributed by atoms with Crippen LogP contribution < -0.4 is 0 Å². The summed E-state index contributed by atoms with van der Waals surface area (Å²) >= 11 is 3.66. The Labute approximate surface area is 371 Å². The topological polar surface area (TPSA) is 9.86 Å².